The lowest BCUT2D eigenvalue weighted by molar-refractivity contribution is -0.117. The van der Waals surface area contributed by atoms with Gasteiger partial charge in [-0.3, -0.25) is 9.69 Å². The Morgan fingerprint density at radius 2 is 1.90 bits per heavy atom. The van der Waals surface area contributed by atoms with Crippen LogP contribution in [0.4, 0.5) is 10.9 Å². The number of thiazole rings is 1. The lowest BCUT2D eigenvalue weighted by Crippen LogP contribution is -2.47. The molecule has 1 aliphatic heterocycles. The Labute approximate surface area is 186 Å². The summed E-state index contributed by atoms with van der Waals surface area (Å²) >= 11 is 1.64. The van der Waals surface area contributed by atoms with E-state index in [-0.39, 0.29) is 5.91 Å². The summed E-state index contributed by atoms with van der Waals surface area (Å²) < 4.78 is 0. The molecule has 0 aromatic carbocycles. The van der Waals surface area contributed by atoms with Crippen LogP contribution in [-0.2, 0) is 4.79 Å². The van der Waals surface area contributed by atoms with E-state index in [0.29, 0.717) is 12.4 Å². The zero-order chi connectivity index (χ0) is 21.8. The van der Waals surface area contributed by atoms with Crippen molar-refractivity contribution in [1.29, 1.82) is 0 Å². The van der Waals surface area contributed by atoms with Gasteiger partial charge in [0, 0.05) is 63.1 Å². The molecule has 0 aliphatic carbocycles. The molecule has 31 heavy (non-hydrogen) atoms. The summed E-state index contributed by atoms with van der Waals surface area (Å²) in [7, 11) is 2.11. The van der Waals surface area contributed by atoms with Crippen molar-refractivity contribution in [1.82, 2.24) is 24.8 Å². The predicted molar refractivity (Wildman–Crippen MR) is 127 cm³/mol. The Morgan fingerprint density at radius 1 is 1.13 bits per heavy atom. The number of carbonyl (C=O) groups is 1. The molecule has 0 atom stereocenters. The number of nitrogens with zero attached hydrogens (tertiary/aromatic N) is 6. The van der Waals surface area contributed by atoms with Crippen molar-refractivity contribution >= 4 is 39.1 Å². The number of anilines is 2. The van der Waals surface area contributed by atoms with E-state index in [2.05, 4.69) is 50.9 Å². The molecule has 8 nitrogen and oxygen atoms in total. The van der Waals surface area contributed by atoms with Crippen LogP contribution in [0.5, 0.6) is 0 Å². The largest absolute Gasteiger partial charge is 0.349 e. The zero-order valence-corrected chi connectivity index (χ0v) is 19.2. The normalized spacial score (nSPS) is 15.3. The molecule has 4 rings (SSSR count). The molecule has 9 heteroatoms. The average molecular weight is 440 g/mol. The van der Waals surface area contributed by atoms with E-state index in [1.54, 1.807) is 17.5 Å². The number of hydrogen-bond acceptors (Lipinski definition) is 8. The molecule has 164 valence electrons. The summed E-state index contributed by atoms with van der Waals surface area (Å²) in [5, 5.41) is 4.87. The first-order valence-electron chi connectivity index (χ1n) is 10.7. The molecule has 1 amide bonds. The van der Waals surface area contributed by atoms with Crippen LogP contribution in [0, 0.1) is 0 Å². The molecule has 3 aromatic rings. The lowest BCUT2D eigenvalue weighted by Gasteiger charge is -2.31. The Balaban J connectivity index is 1.48. The van der Waals surface area contributed by atoms with Crippen molar-refractivity contribution in [3.05, 3.63) is 30.6 Å². The Kier molecular flexibility index (Phi) is 6.74. The third-order valence-corrected chi connectivity index (χ3v) is 6.66. The molecule has 0 spiro atoms. The number of pyridine rings is 2. The minimum atomic E-state index is -0.0427. The molecular weight excluding hydrogens is 410 g/mol. The van der Waals surface area contributed by atoms with E-state index in [1.807, 2.05) is 24.4 Å². The van der Waals surface area contributed by atoms with Crippen molar-refractivity contribution in [2.75, 3.05) is 63.1 Å². The van der Waals surface area contributed by atoms with E-state index >= 15 is 0 Å². The monoisotopic (exact) mass is 439 g/mol. The number of hydrogen-bond donors (Lipinski definition) is 1. The second kappa shape index (κ2) is 9.67. The third kappa shape index (κ3) is 5.17. The van der Waals surface area contributed by atoms with Gasteiger partial charge in [0.2, 0.25) is 5.91 Å². The number of rotatable bonds is 7. The molecule has 3 aromatic heterocycles. The number of fused-ring (bicyclic) bond motifs is 1. The summed E-state index contributed by atoms with van der Waals surface area (Å²) in [5.41, 5.74) is 1.68. The van der Waals surface area contributed by atoms with E-state index in [0.717, 1.165) is 65.9 Å². The molecule has 0 radical (unpaired) electrons. The molecule has 0 saturated carbocycles. The van der Waals surface area contributed by atoms with Crippen molar-refractivity contribution in [3.8, 4) is 10.6 Å². The Morgan fingerprint density at radius 3 is 2.65 bits per heavy atom. The molecule has 0 unspecified atom stereocenters. The summed E-state index contributed by atoms with van der Waals surface area (Å²) in [6, 6.07) is 5.85. The minimum absolute atomic E-state index is 0.0427. The molecule has 1 fully saturated rings. The Bertz CT molecular complexity index is 1040. The fourth-order valence-electron chi connectivity index (χ4n) is 3.64. The topological polar surface area (TPSA) is 77.5 Å². The van der Waals surface area contributed by atoms with Gasteiger partial charge in [-0.25, -0.2) is 15.0 Å². The van der Waals surface area contributed by atoms with Gasteiger partial charge in [-0.05, 0) is 33.0 Å². The first-order chi connectivity index (χ1) is 15.1. The van der Waals surface area contributed by atoms with Gasteiger partial charge in [0.25, 0.3) is 0 Å². The second-order valence-corrected chi connectivity index (χ2v) is 8.77. The zero-order valence-electron chi connectivity index (χ0n) is 18.3. The minimum Gasteiger partial charge on any atom is -0.349 e. The van der Waals surface area contributed by atoms with Gasteiger partial charge in [0.05, 0.1) is 22.6 Å². The molecule has 1 N–H and O–H groups in total. The van der Waals surface area contributed by atoms with E-state index in [4.69, 9.17) is 4.98 Å². The number of piperazine rings is 1. The summed E-state index contributed by atoms with van der Waals surface area (Å²) in [6.45, 7) is 10.3. The van der Waals surface area contributed by atoms with Crippen molar-refractivity contribution in [3.63, 3.8) is 0 Å². The van der Waals surface area contributed by atoms with Crippen LogP contribution in [0.1, 0.15) is 13.8 Å². The van der Waals surface area contributed by atoms with Crippen LogP contribution in [0.15, 0.2) is 30.6 Å². The molecule has 1 saturated heterocycles. The highest BCUT2D eigenvalue weighted by Crippen LogP contribution is 2.31. The van der Waals surface area contributed by atoms with Gasteiger partial charge in [-0.2, -0.15) is 0 Å². The van der Waals surface area contributed by atoms with E-state index < -0.39 is 0 Å². The van der Waals surface area contributed by atoms with Crippen LogP contribution >= 0.6 is 11.3 Å². The maximum absolute atomic E-state index is 12.5. The van der Waals surface area contributed by atoms with Crippen LogP contribution in [0.2, 0.25) is 0 Å². The van der Waals surface area contributed by atoms with Gasteiger partial charge in [0.15, 0.2) is 5.13 Å². The highest BCUT2D eigenvalue weighted by Gasteiger charge is 2.17. The highest BCUT2D eigenvalue weighted by molar-refractivity contribution is 7.18. The smallest absolute Gasteiger partial charge is 0.239 e. The first-order valence-corrected chi connectivity index (χ1v) is 11.6. The molecule has 4 heterocycles. The quantitative estimate of drug-likeness (QED) is 0.606. The summed E-state index contributed by atoms with van der Waals surface area (Å²) in [6.07, 6.45) is 3.64. The first kappa shape index (κ1) is 21.6. The maximum atomic E-state index is 12.5. The lowest BCUT2D eigenvalue weighted by atomic mass is 10.2. The number of aromatic nitrogens is 3. The van der Waals surface area contributed by atoms with Crippen molar-refractivity contribution in [2.24, 2.45) is 0 Å². The number of nitrogens with one attached hydrogen (secondary N) is 1. The Hall–Kier alpha value is -2.62. The SMILES string of the molecule is CCN(CC)c1ncc(-c2ccc3cnc(NC(=O)CN4CCN(C)CC4)cc3n2)s1. The molecule has 0 bridgehead atoms. The van der Waals surface area contributed by atoms with Crippen molar-refractivity contribution < 1.29 is 4.79 Å². The molecular formula is C22H29N7OS. The number of carbonyl (C=O) groups excluding carboxylic acids is 1. The van der Waals surface area contributed by atoms with Crippen LogP contribution < -0.4 is 10.2 Å². The van der Waals surface area contributed by atoms with E-state index in [1.165, 1.54) is 0 Å². The van der Waals surface area contributed by atoms with Gasteiger partial charge < -0.3 is 15.1 Å². The predicted octanol–water partition coefficient (Wildman–Crippen LogP) is 2.79. The van der Waals surface area contributed by atoms with Crippen molar-refractivity contribution in [2.45, 2.75) is 13.8 Å². The number of amides is 1. The standard InChI is InChI=1S/C22H29N7OS/c1-4-29(5-2)22-24-14-19(31-22)17-7-6-16-13-23-20(12-18(16)25-17)26-21(30)15-28-10-8-27(3)9-11-28/h6-7,12-14H,4-5,8-11,15H2,1-3H3,(H,23,26,30). The van der Waals surface area contributed by atoms with Crippen LogP contribution in [0.25, 0.3) is 21.5 Å². The van der Waals surface area contributed by atoms with Gasteiger partial charge in [0.1, 0.15) is 5.82 Å². The fourth-order valence-corrected chi connectivity index (χ4v) is 4.65. The second-order valence-electron chi connectivity index (χ2n) is 7.77. The van der Waals surface area contributed by atoms with Gasteiger partial charge >= 0.3 is 0 Å². The highest BCUT2D eigenvalue weighted by atomic mass is 32.1. The van der Waals surface area contributed by atoms with Crippen LogP contribution in [0.3, 0.4) is 0 Å². The summed E-state index contributed by atoms with van der Waals surface area (Å²) in [5.74, 6) is 0.489. The fraction of sp³-hybridized carbons (Fsp3) is 0.455. The maximum Gasteiger partial charge on any atom is 0.239 e. The third-order valence-electron chi connectivity index (χ3n) is 5.58. The molecule has 1 aliphatic rings. The average Bonchev–Trinajstić information content (AvgIpc) is 3.26. The van der Waals surface area contributed by atoms with Crippen LogP contribution in [-0.4, -0.2) is 83.5 Å². The van der Waals surface area contributed by atoms with Gasteiger partial charge in [-0.1, -0.05) is 11.3 Å². The summed E-state index contributed by atoms with van der Waals surface area (Å²) in [4.78, 5) is 33.9. The number of likely N-dealkylation sites (N-methyl/N-ethyl adjacent to an activating group) is 1. The van der Waals surface area contributed by atoms with Gasteiger partial charge in [-0.15, -0.1) is 0 Å². The van der Waals surface area contributed by atoms with E-state index in [9.17, 15) is 4.79 Å².